The van der Waals surface area contributed by atoms with E-state index in [2.05, 4.69) is 39.2 Å². The second kappa shape index (κ2) is 6.02. The molecule has 0 aromatic carbocycles. The Morgan fingerprint density at radius 3 is 2.74 bits per heavy atom. The lowest BCUT2D eigenvalue weighted by Crippen LogP contribution is -2.15. The summed E-state index contributed by atoms with van der Waals surface area (Å²) < 4.78 is 4.21. The summed E-state index contributed by atoms with van der Waals surface area (Å²) in [7, 11) is 0. The lowest BCUT2D eigenvalue weighted by atomic mass is 10.2. The van der Waals surface area contributed by atoms with Crippen molar-refractivity contribution in [1.29, 1.82) is 0 Å². The highest BCUT2D eigenvalue weighted by molar-refractivity contribution is 5.06. The fourth-order valence-electron chi connectivity index (χ4n) is 2.33. The molecule has 1 atom stereocenters. The fourth-order valence-corrected chi connectivity index (χ4v) is 2.33. The normalized spacial score (nSPS) is 12.8. The molecule has 2 aromatic rings. The molecule has 0 aliphatic carbocycles. The van der Waals surface area contributed by atoms with Crippen LogP contribution in [0.25, 0.3) is 0 Å². The molecule has 2 aromatic heterocycles. The van der Waals surface area contributed by atoms with E-state index in [9.17, 15) is 0 Å². The van der Waals surface area contributed by atoms with Crippen molar-refractivity contribution < 1.29 is 0 Å². The Bertz CT molecular complexity index is 526. The van der Waals surface area contributed by atoms with E-state index in [0.717, 1.165) is 37.3 Å². The predicted octanol–water partition coefficient (Wildman–Crippen LogP) is 2.20. The number of hydrogen-bond acceptors (Lipinski definition) is 3. The summed E-state index contributed by atoms with van der Waals surface area (Å²) in [4.78, 5) is 4.20. The van der Waals surface area contributed by atoms with Crippen LogP contribution in [0.4, 0.5) is 0 Å². The van der Waals surface area contributed by atoms with E-state index in [1.54, 1.807) is 0 Å². The molecule has 0 fully saturated rings. The number of nitrogens with two attached hydrogens (primary N) is 1. The topological polar surface area (TPSA) is 61.7 Å². The van der Waals surface area contributed by atoms with Crippen molar-refractivity contribution in [2.24, 2.45) is 5.73 Å². The first-order chi connectivity index (χ1) is 9.11. The first-order valence-corrected chi connectivity index (χ1v) is 6.88. The highest BCUT2D eigenvalue weighted by atomic mass is 15.3. The van der Waals surface area contributed by atoms with Crippen molar-refractivity contribution in [3.05, 3.63) is 35.7 Å². The van der Waals surface area contributed by atoms with Crippen LogP contribution in [0.15, 0.2) is 18.6 Å². The molecule has 104 valence electrons. The molecule has 19 heavy (non-hydrogen) atoms. The second-order valence-electron chi connectivity index (χ2n) is 5.03. The first kappa shape index (κ1) is 13.8. The van der Waals surface area contributed by atoms with Crippen LogP contribution in [0, 0.1) is 13.8 Å². The summed E-state index contributed by atoms with van der Waals surface area (Å²) in [5.74, 6) is 0. The predicted molar refractivity (Wildman–Crippen MR) is 75.8 cm³/mol. The number of nitrogens with zero attached hydrogens (tertiary/aromatic N) is 4. The zero-order valence-corrected chi connectivity index (χ0v) is 12.0. The number of aromatic nitrogens is 4. The zero-order chi connectivity index (χ0) is 13.8. The third-order valence-corrected chi connectivity index (χ3v) is 3.44. The van der Waals surface area contributed by atoms with Crippen LogP contribution in [-0.2, 0) is 13.1 Å². The summed E-state index contributed by atoms with van der Waals surface area (Å²) in [6, 6.07) is 2.19. The summed E-state index contributed by atoms with van der Waals surface area (Å²) in [5, 5.41) is 4.47. The molecule has 0 saturated carbocycles. The van der Waals surface area contributed by atoms with Crippen LogP contribution in [0.3, 0.4) is 0 Å². The van der Waals surface area contributed by atoms with E-state index in [1.807, 2.05) is 19.4 Å². The van der Waals surface area contributed by atoms with Crippen LogP contribution in [-0.4, -0.2) is 19.3 Å². The van der Waals surface area contributed by atoms with E-state index in [-0.39, 0.29) is 6.04 Å². The van der Waals surface area contributed by atoms with Crippen LogP contribution < -0.4 is 5.73 Å². The summed E-state index contributed by atoms with van der Waals surface area (Å²) in [6.45, 7) is 8.07. The number of rotatable bonds is 6. The quantitative estimate of drug-likeness (QED) is 0.867. The van der Waals surface area contributed by atoms with Gasteiger partial charge < -0.3 is 10.3 Å². The van der Waals surface area contributed by atoms with Gasteiger partial charge in [0.15, 0.2) is 0 Å². The Morgan fingerprint density at radius 1 is 1.32 bits per heavy atom. The molecule has 0 radical (unpaired) electrons. The Labute approximate surface area is 114 Å². The van der Waals surface area contributed by atoms with Gasteiger partial charge in [0.05, 0.1) is 17.7 Å². The maximum atomic E-state index is 6.07. The molecule has 0 unspecified atom stereocenters. The Kier molecular flexibility index (Phi) is 4.37. The molecule has 5 nitrogen and oxygen atoms in total. The molecule has 0 spiro atoms. The SMILES string of the molecule is CC[C@@H](N)c1cncn1CCCn1nc(C)cc1C. The largest absolute Gasteiger partial charge is 0.333 e. The number of imidazole rings is 1. The lowest BCUT2D eigenvalue weighted by Gasteiger charge is -2.13. The maximum absolute atomic E-state index is 6.07. The molecule has 0 amide bonds. The third-order valence-electron chi connectivity index (χ3n) is 3.44. The molecular formula is C14H23N5. The van der Waals surface area contributed by atoms with Gasteiger partial charge in [0.2, 0.25) is 0 Å². The maximum Gasteiger partial charge on any atom is 0.0948 e. The average Bonchev–Trinajstić information content (AvgIpc) is 2.96. The van der Waals surface area contributed by atoms with Crippen LogP contribution in [0.2, 0.25) is 0 Å². The second-order valence-corrected chi connectivity index (χ2v) is 5.03. The third kappa shape index (κ3) is 3.23. The van der Waals surface area contributed by atoms with Crippen molar-refractivity contribution >= 4 is 0 Å². The summed E-state index contributed by atoms with van der Waals surface area (Å²) in [6.07, 6.45) is 5.70. The number of hydrogen-bond donors (Lipinski definition) is 1. The van der Waals surface area contributed by atoms with Crippen molar-refractivity contribution in [2.75, 3.05) is 0 Å². The minimum atomic E-state index is 0.0798. The fraction of sp³-hybridized carbons (Fsp3) is 0.571. The summed E-state index contributed by atoms with van der Waals surface area (Å²) >= 11 is 0. The van der Waals surface area contributed by atoms with Crippen LogP contribution >= 0.6 is 0 Å². The minimum absolute atomic E-state index is 0.0798. The monoisotopic (exact) mass is 261 g/mol. The highest BCUT2D eigenvalue weighted by Crippen LogP contribution is 2.13. The van der Waals surface area contributed by atoms with Gasteiger partial charge in [-0.3, -0.25) is 4.68 Å². The average molecular weight is 261 g/mol. The van der Waals surface area contributed by atoms with E-state index >= 15 is 0 Å². The minimum Gasteiger partial charge on any atom is -0.333 e. The van der Waals surface area contributed by atoms with E-state index in [0.29, 0.717) is 0 Å². The van der Waals surface area contributed by atoms with E-state index in [4.69, 9.17) is 5.73 Å². The van der Waals surface area contributed by atoms with Gasteiger partial charge in [0, 0.05) is 31.0 Å². The van der Waals surface area contributed by atoms with Gasteiger partial charge in [-0.25, -0.2) is 4.98 Å². The molecule has 2 rings (SSSR count). The molecule has 2 N–H and O–H groups in total. The molecule has 5 heteroatoms. The van der Waals surface area contributed by atoms with Crippen LogP contribution in [0.1, 0.15) is 42.9 Å². The van der Waals surface area contributed by atoms with Gasteiger partial charge >= 0.3 is 0 Å². The standard InChI is InChI=1S/C14H23N5/c1-4-13(15)14-9-16-10-18(14)6-5-7-19-12(3)8-11(2)17-19/h8-10,13H,4-7,15H2,1-3H3/t13-/m1/s1. The first-order valence-electron chi connectivity index (χ1n) is 6.88. The molecule has 0 saturated heterocycles. The van der Waals surface area contributed by atoms with E-state index < -0.39 is 0 Å². The summed E-state index contributed by atoms with van der Waals surface area (Å²) in [5.41, 5.74) is 9.49. The molecule has 2 heterocycles. The molecule has 0 aliphatic heterocycles. The van der Waals surface area contributed by atoms with Crippen molar-refractivity contribution in [3.63, 3.8) is 0 Å². The van der Waals surface area contributed by atoms with Gasteiger partial charge in [-0.15, -0.1) is 0 Å². The van der Waals surface area contributed by atoms with Gasteiger partial charge in [0.25, 0.3) is 0 Å². The van der Waals surface area contributed by atoms with Gasteiger partial charge in [-0.05, 0) is 32.8 Å². The highest BCUT2D eigenvalue weighted by Gasteiger charge is 2.09. The van der Waals surface area contributed by atoms with Gasteiger partial charge in [-0.2, -0.15) is 5.10 Å². The zero-order valence-electron chi connectivity index (χ0n) is 12.0. The van der Waals surface area contributed by atoms with Gasteiger partial charge in [-0.1, -0.05) is 6.92 Å². The van der Waals surface area contributed by atoms with Crippen molar-refractivity contribution in [2.45, 2.75) is 52.7 Å². The van der Waals surface area contributed by atoms with Crippen LogP contribution in [0.5, 0.6) is 0 Å². The number of aryl methyl sites for hydroxylation is 4. The molecular weight excluding hydrogens is 238 g/mol. The van der Waals surface area contributed by atoms with Crippen molar-refractivity contribution in [3.8, 4) is 0 Å². The van der Waals surface area contributed by atoms with Crippen molar-refractivity contribution in [1.82, 2.24) is 19.3 Å². The molecule has 0 aliphatic rings. The smallest absolute Gasteiger partial charge is 0.0948 e. The molecule has 0 bridgehead atoms. The van der Waals surface area contributed by atoms with Gasteiger partial charge in [0.1, 0.15) is 0 Å². The van der Waals surface area contributed by atoms with E-state index in [1.165, 1.54) is 5.69 Å². The lowest BCUT2D eigenvalue weighted by molar-refractivity contribution is 0.498. The Balaban J connectivity index is 1.93. The Hall–Kier alpha value is -1.62. The Morgan fingerprint density at radius 2 is 2.11 bits per heavy atom.